The SMILES string of the molecule is COc1cc(NC(=O)c2cc(C)n(-c3cccc(C)c3)c2C)ccc1N1CCCC1=O. The number of anilines is 2. The van der Waals surface area contributed by atoms with Crippen LogP contribution in [0.25, 0.3) is 5.69 Å². The van der Waals surface area contributed by atoms with Crippen molar-refractivity contribution in [1.29, 1.82) is 0 Å². The lowest BCUT2D eigenvalue weighted by Gasteiger charge is -2.19. The van der Waals surface area contributed by atoms with Gasteiger partial charge in [0, 0.05) is 41.8 Å². The Morgan fingerprint density at radius 3 is 2.55 bits per heavy atom. The monoisotopic (exact) mass is 417 g/mol. The van der Waals surface area contributed by atoms with Crippen LogP contribution in [-0.2, 0) is 4.79 Å². The number of aromatic nitrogens is 1. The molecular weight excluding hydrogens is 390 g/mol. The van der Waals surface area contributed by atoms with Crippen LogP contribution in [0.15, 0.2) is 48.5 Å². The summed E-state index contributed by atoms with van der Waals surface area (Å²) in [5.41, 5.74) is 6.06. The van der Waals surface area contributed by atoms with Gasteiger partial charge in [-0.2, -0.15) is 0 Å². The highest BCUT2D eigenvalue weighted by atomic mass is 16.5. The largest absolute Gasteiger partial charge is 0.494 e. The Morgan fingerprint density at radius 1 is 1.06 bits per heavy atom. The van der Waals surface area contributed by atoms with Crippen LogP contribution in [0.4, 0.5) is 11.4 Å². The van der Waals surface area contributed by atoms with Crippen molar-refractivity contribution >= 4 is 23.2 Å². The lowest BCUT2D eigenvalue weighted by molar-refractivity contribution is -0.117. The van der Waals surface area contributed by atoms with E-state index in [-0.39, 0.29) is 11.8 Å². The maximum atomic E-state index is 13.1. The Hall–Kier alpha value is -3.54. The number of rotatable bonds is 5. The van der Waals surface area contributed by atoms with Crippen LogP contribution in [0, 0.1) is 20.8 Å². The number of ether oxygens (including phenoxy) is 1. The van der Waals surface area contributed by atoms with E-state index in [1.54, 1.807) is 24.1 Å². The molecule has 2 aromatic carbocycles. The van der Waals surface area contributed by atoms with E-state index in [2.05, 4.69) is 28.9 Å². The summed E-state index contributed by atoms with van der Waals surface area (Å²) in [6, 6.07) is 15.5. The number of amides is 2. The molecule has 160 valence electrons. The molecule has 0 radical (unpaired) electrons. The number of carbonyl (C=O) groups excluding carboxylic acids is 2. The minimum absolute atomic E-state index is 0.0960. The molecule has 4 rings (SSSR count). The van der Waals surface area contributed by atoms with Gasteiger partial charge in [-0.3, -0.25) is 9.59 Å². The summed E-state index contributed by atoms with van der Waals surface area (Å²) in [4.78, 5) is 26.9. The minimum Gasteiger partial charge on any atom is -0.494 e. The van der Waals surface area contributed by atoms with E-state index >= 15 is 0 Å². The first-order valence-electron chi connectivity index (χ1n) is 10.4. The molecule has 1 saturated heterocycles. The molecule has 6 heteroatoms. The zero-order valence-electron chi connectivity index (χ0n) is 18.4. The molecule has 3 aromatic rings. The summed E-state index contributed by atoms with van der Waals surface area (Å²) in [5.74, 6) is 0.482. The second-order valence-electron chi connectivity index (χ2n) is 7.95. The number of benzene rings is 2. The van der Waals surface area contributed by atoms with Gasteiger partial charge in [0.05, 0.1) is 18.4 Å². The van der Waals surface area contributed by atoms with Gasteiger partial charge >= 0.3 is 0 Å². The summed E-state index contributed by atoms with van der Waals surface area (Å²) < 4.78 is 7.59. The highest BCUT2D eigenvalue weighted by molar-refractivity contribution is 6.06. The van der Waals surface area contributed by atoms with Gasteiger partial charge in [-0.05, 0) is 63.1 Å². The van der Waals surface area contributed by atoms with E-state index in [0.717, 1.165) is 29.2 Å². The third kappa shape index (κ3) is 3.93. The van der Waals surface area contributed by atoms with Gasteiger partial charge in [-0.25, -0.2) is 0 Å². The molecule has 0 aliphatic carbocycles. The number of nitrogens with one attached hydrogen (secondary N) is 1. The first kappa shape index (κ1) is 20.7. The van der Waals surface area contributed by atoms with Gasteiger partial charge < -0.3 is 19.5 Å². The molecule has 1 N–H and O–H groups in total. The predicted molar refractivity (Wildman–Crippen MR) is 123 cm³/mol. The molecule has 31 heavy (non-hydrogen) atoms. The number of carbonyl (C=O) groups is 2. The van der Waals surface area contributed by atoms with Crippen molar-refractivity contribution in [1.82, 2.24) is 4.57 Å². The summed E-state index contributed by atoms with van der Waals surface area (Å²) in [7, 11) is 1.57. The molecule has 0 unspecified atom stereocenters. The lowest BCUT2D eigenvalue weighted by atomic mass is 10.2. The van der Waals surface area contributed by atoms with E-state index in [9.17, 15) is 9.59 Å². The Labute approximate surface area is 182 Å². The number of methoxy groups -OCH3 is 1. The molecule has 0 spiro atoms. The summed E-state index contributed by atoms with van der Waals surface area (Å²) in [6.07, 6.45) is 1.40. The van der Waals surface area contributed by atoms with Gasteiger partial charge in [0.1, 0.15) is 5.75 Å². The molecule has 2 heterocycles. The quantitative estimate of drug-likeness (QED) is 0.649. The Bertz CT molecular complexity index is 1160. The number of hydrogen-bond acceptors (Lipinski definition) is 3. The zero-order chi connectivity index (χ0) is 22.1. The Balaban J connectivity index is 1.60. The maximum Gasteiger partial charge on any atom is 0.257 e. The van der Waals surface area contributed by atoms with E-state index in [4.69, 9.17) is 4.74 Å². The first-order valence-corrected chi connectivity index (χ1v) is 10.4. The van der Waals surface area contributed by atoms with Crippen LogP contribution in [0.5, 0.6) is 5.75 Å². The molecule has 6 nitrogen and oxygen atoms in total. The van der Waals surface area contributed by atoms with Crippen LogP contribution >= 0.6 is 0 Å². The van der Waals surface area contributed by atoms with Gasteiger partial charge in [0.2, 0.25) is 5.91 Å². The minimum atomic E-state index is -0.181. The van der Waals surface area contributed by atoms with Crippen molar-refractivity contribution in [2.45, 2.75) is 33.6 Å². The molecule has 1 aliphatic rings. The topological polar surface area (TPSA) is 63.6 Å². The van der Waals surface area contributed by atoms with Crippen molar-refractivity contribution < 1.29 is 14.3 Å². The van der Waals surface area contributed by atoms with Gasteiger partial charge in [0.25, 0.3) is 5.91 Å². The van der Waals surface area contributed by atoms with E-state index in [1.807, 2.05) is 38.1 Å². The lowest BCUT2D eigenvalue weighted by Crippen LogP contribution is -2.24. The Kier molecular flexibility index (Phi) is 5.55. The molecule has 0 atom stereocenters. The smallest absolute Gasteiger partial charge is 0.257 e. The number of nitrogens with zero attached hydrogens (tertiary/aromatic N) is 2. The highest BCUT2D eigenvalue weighted by Gasteiger charge is 2.25. The fourth-order valence-corrected chi connectivity index (χ4v) is 4.24. The van der Waals surface area contributed by atoms with E-state index in [1.165, 1.54) is 5.56 Å². The summed E-state index contributed by atoms with van der Waals surface area (Å²) in [6.45, 7) is 6.69. The van der Waals surface area contributed by atoms with Gasteiger partial charge in [-0.1, -0.05) is 12.1 Å². The second kappa shape index (κ2) is 8.30. The van der Waals surface area contributed by atoms with Crippen molar-refractivity contribution in [3.63, 3.8) is 0 Å². The molecule has 0 saturated carbocycles. The fourth-order valence-electron chi connectivity index (χ4n) is 4.24. The molecule has 0 bridgehead atoms. The van der Waals surface area contributed by atoms with Gasteiger partial charge in [-0.15, -0.1) is 0 Å². The van der Waals surface area contributed by atoms with Crippen molar-refractivity contribution in [2.24, 2.45) is 0 Å². The van der Waals surface area contributed by atoms with Crippen LogP contribution in [0.1, 0.15) is 40.2 Å². The first-order chi connectivity index (χ1) is 14.9. The van der Waals surface area contributed by atoms with Crippen LogP contribution in [-0.4, -0.2) is 30.0 Å². The summed E-state index contributed by atoms with van der Waals surface area (Å²) in [5, 5.41) is 2.97. The Morgan fingerprint density at radius 2 is 1.87 bits per heavy atom. The van der Waals surface area contributed by atoms with Gasteiger partial charge in [0.15, 0.2) is 0 Å². The van der Waals surface area contributed by atoms with E-state index < -0.39 is 0 Å². The number of aryl methyl sites for hydroxylation is 2. The standard InChI is InChI=1S/C25H27N3O3/c1-16-7-5-8-20(13-16)28-17(2)14-21(18(28)3)25(30)26-19-10-11-22(23(15-19)31-4)27-12-6-9-24(27)29/h5,7-8,10-11,13-15H,6,9,12H2,1-4H3,(H,26,30). The predicted octanol–water partition coefficient (Wildman–Crippen LogP) is 4.79. The molecule has 2 amide bonds. The molecular formula is C25H27N3O3. The molecule has 1 aromatic heterocycles. The van der Waals surface area contributed by atoms with Crippen LogP contribution in [0.2, 0.25) is 0 Å². The summed E-state index contributed by atoms with van der Waals surface area (Å²) >= 11 is 0. The second-order valence-corrected chi connectivity index (χ2v) is 7.95. The third-order valence-electron chi connectivity index (χ3n) is 5.74. The van der Waals surface area contributed by atoms with E-state index in [0.29, 0.717) is 30.0 Å². The number of hydrogen-bond donors (Lipinski definition) is 1. The van der Waals surface area contributed by atoms with Crippen LogP contribution < -0.4 is 15.0 Å². The highest BCUT2D eigenvalue weighted by Crippen LogP contribution is 2.34. The average molecular weight is 418 g/mol. The maximum absolute atomic E-state index is 13.1. The van der Waals surface area contributed by atoms with Crippen LogP contribution in [0.3, 0.4) is 0 Å². The fraction of sp³-hybridized carbons (Fsp3) is 0.280. The molecule has 1 fully saturated rings. The van der Waals surface area contributed by atoms with Crippen molar-refractivity contribution in [3.05, 3.63) is 71.0 Å². The van der Waals surface area contributed by atoms with Crippen molar-refractivity contribution in [2.75, 3.05) is 23.9 Å². The molecule has 1 aliphatic heterocycles. The zero-order valence-corrected chi connectivity index (χ0v) is 18.4. The normalized spacial score (nSPS) is 13.5. The third-order valence-corrected chi connectivity index (χ3v) is 5.74. The van der Waals surface area contributed by atoms with Crippen molar-refractivity contribution in [3.8, 4) is 11.4 Å². The average Bonchev–Trinajstić information content (AvgIpc) is 3.30.